The monoisotopic (exact) mass is 320 g/mol. The molecule has 0 bridgehead atoms. The van der Waals surface area contributed by atoms with Gasteiger partial charge in [-0.15, -0.1) is 0 Å². The zero-order valence-electron chi connectivity index (χ0n) is 11.1. The SMILES string of the molecule is CC(=O)NCCNS(=O)(=O)c1ccc(S(C)(=O)=O)cc1. The van der Waals surface area contributed by atoms with Crippen molar-refractivity contribution in [3.05, 3.63) is 24.3 Å². The van der Waals surface area contributed by atoms with Crippen molar-refractivity contribution in [1.82, 2.24) is 10.0 Å². The van der Waals surface area contributed by atoms with Gasteiger partial charge in [0.25, 0.3) is 0 Å². The minimum atomic E-state index is -3.72. The van der Waals surface area contributed by atoms with Gasteiger partial charge in [-0.2, -0.15) is 0 Å². The molecule has 0 aliphatic heterocycles. The molecule has 2 N–H and O–H groups in total. The van der Waals surface area contributed by atoms with Gasteiger partial charge in [0.1, 0.15) is 0 Å². The van der Waals surface area contributed by atoms with E-state index in [-0.39, 0.29) is 28.8 Å². The number of sulfonamides is 1. The average Bonchev–Trinajstić information content (AvgIpc) is 2.34. The fourth-order valence-electron chi connectivity index (χ4n) is 1.37. The highest BCUT2D eigenvalue weighted by Gasteiger charge is 2.14. The Hall–Kier alpha value is -1.45. The van der Waals surface area contributed by atoms with Crippen LogP contribution in [0.5, 0.6) is 0 Å². The first kappa shape index (κ1) is 16.6. The van der Waals surface area contributed by atoms with Gasteiger partial charge in [0.15, 0.2) is 9.84 Å². The third kappa shape index (κ3) is 4.91. The first-order valence-electron chi connectivity index (χ1n) is 5.67. The van der Waals surface area contributed by atoms with Gasteiger partial charge in [0, 0.05) is 26.3 Å². The summed E-state index contributed by atoms with van der Waals surface area (Å²) in [5.74, 6) is -0.248. The van der Waals surface area contributed by atoms with Crippen LogP contribution in [0.1, 0.15) is 6.92 Å². The second-order valence-electron chi connectivity index (χ2n) is 4.12. The van der Waals surface area contributed by atoms with Gasteiger partial charge in [-0.05, 0) is 24.3 Å². The number of nitrogens with one attached hydrogen (secondary N) is 2. The molecule has 0 spiro atoms. The Balaban J connectivity index is 2.76. The van der Waals surface area contributed by atoms with E-state index in [4.69, 9.17) is 0 Å². The molecule has 7 nitrogen and oxygen atoms in total. The third-order valence-electron chi connectivity index (χ3n) is 2.35. The number of carbonyl (C=O) groups is 1. The van der Waals surface area contributed by atoms with Crippen LogP contribution in [0.4, 0.5) is 0 Å². The van der Waals surface area contributed by atoms with Crippen molar-refractivity contribution in [2.24, 2.45) is 0 Å². The highest BCUT2D eigenvalue weighted by atomic mass is 32.2. The molecular weight excluding hydrogens is 304 g/mol. The number of benzene rings is 1. The van der Waals surface area contributed by atoms with Crippen molar-refractivity contribution in [2.45, 2.75) is 16.7 Å². The first-order chi connectivity index (χ1) is 9.13. The molecule has 1 aromatic carbocycles. The number of rotatable bonds is 6. The van der Waals surface area contributed by atoms with Crippen LogP contribution in [0.15, 0.2) is 34.1 Å². The quantitative estimate of drug-likeness (QED) is 0.687. The molecule has 0 heterocycles. The molecule has 0 atom stereocenters. The van der Waals surface area contributed by atoms with Gasteiger partial charge in [0.05, 0.1) is 9.79 Å². The van der Waals surface area contributed by atoms with Crippen molar-refractivity contribution in [3.8, 4) is 0 Å². The maximum atomic E-state index is 11.9. The summed E-state index contributed by atoms with van der Waals surface area (Å²) >= 11 is 0. The molecule has 0 aromatic heterocycles. The topological polar surface area (TPSA) is 109 Å². The second-order valence-corrected chi connectivity index (χ2v) is 7.91. The summed E-state index contributed by atoms with van der Waals surface area (Å²) in [5, 5.41) is 2.45. The molecule has 9 heteroatoms. The molecule has 20 heavy (non-hydrogen) atoms. The van der Waals surface area contributed by atoms with Crippen LogP contribution < -0.4 is 10.0 Å². The van der Waals surface area contributed by atoms with Crippen LogP contribution in [-0.2, 0) is 24.7 Å². The summed E-state index contributed by atoms with van der Waals surface area (Å²) in [5.41, 5.74) is 0. The Labute approximate surface area is 118 Å². The predicted molar refractivity (Wildman–Crippen MR) is 73.4 cm³/mol. The van der Waals surface area contributed by atoms with E-state index in [0.717, 1.165) is 6.26 Å². The zero-order valence-corrected chi connectivity index (χ0v) is 12.7. The zero-order chi connectivity index (χ0) is 15.4. The van der Waals surface area contributed by atoms with E-state index in [0.29, 0.717) is 0 Å². The van der Waals surface area contributed by atoms with Crippen molar-refractivity contribution < 1.29 is 21.6 Å². The molecule has 0 saturated carbocycles. The first-order valence-corrected chi connectivity index (χ1v) is 9.04. The normalized spacial score (nSPS) is 12.1. The van der Waals surface area contributed by atoms with Gasteiger partial charge < -0.3 is 5.32 Å². The Morgan fingerprint density at radius 1 is 1.00 bits per heavy atom. The molecule has 112 valence electrons. The summed E-state index contributed by atoms with van der Waals surface area (Å²) < 4.78 is 48.6. The lowest BCUT2D eigenvalue weighted by atomic mass is 10.4. The molecule has 1 rings (SSSR count). The minimum absolute atomic E-state index is 0.0345. The summed E-state index contributed by atoms with van der Waals surface area (Å²) in [6.07, 6.45) is 1.04. The molecule has 0 aliphatic rings. The lowest BCUT2D eigenvalue weighted by molar-refractivity contribution is -0.118. The second kappa shape index (κ2) is 6.33. The predicted octanol–water partition coefficient (Wildman–Crippen LogP) is -0.495. The van der Waals surface area contributed by atoms with Crippen LogP contribution in [0, 0.1) is 0 Å². The molecule has 0 fully saturated rings. The van der Waals surface area contributed by atoms with Gasteiger partial charge in [-0.25, -0.2) is 21.6 Å². The summed E-state index contributed by atoms with van der Waals surface area (Å²) in [4.78, 5) is 10.6. The van der Waals surface area contributed by atoms with Crippen LogP contribution >= 0.6 is 0 Å². The van der Waals surface area contributed by atoms with Crippen LogP contribution in [0.25, 0.3) is 0 Å². The number of hydrogen-bond acceptors (Lipinski definition) is 5. The summed E-state index contributed by atoms with van der Waals surface area (Å²) in [6.45, 7) is 1.56. The molecule has 0 radical (unpaired) electrons. The number of sulfone groups is 1. The average molecular weight is 320 g/mol. The summed E-state index contributed by atoms with van der Waals surface area (Å²) in [7, 11) is -7.07. The Bertz CT molecular complexity index is 678. The Morgan fingerprint density at radius 3 is 1.95 bits per heavy atom. The lowest BCUT2D eigenvalue weighted by Crippen LogP contribution is -2.33. The van der Waals surface area contributed by atoms with Gasteiger partial charge in [0.2, 0.25) is 15.9 Å². The van der Waals surface area contributed by atoms with Crippen molar-refractivity contribution >= 4 is 25.8 Å². The third-order valence-corrected chi connectivity index (χ3v) is 4.96. The van der Waals surface area contributed by atoms with Crippen LogP contribution in [0.3, 0.4) is 0 Å². The van der Waals surface area contributed by atoms with Gasteiger partial charge in [-0.3, -0.25) is 4.79 Å². The van der Waals surface area contributed by atoms with E-state index < -0.39 is 19.9 Å². The summed E-state index contributed by atoms with van der Waals surface area (Å²) in [6, 6.07) is 4.91. The molecule has 0 aliphatic carbocycles. The standard InChI is InChI=1S/C11H16N2O5S2/c1-9(14)12-7-8-13-20(17,18)11-5-3-10(4-6-11)19(2,15)16/h3-6,13H,7-8H2,1-2H3,(H,12,14). The Morgan fingerprint density at radius 2 is 1.50 bits per heavy atom. The largest absolute Gasteiger partial charge is 0.355 e. The molecule has 1 amide bonds. The van der Waals surface area contributed by atoms with E-state index in [2.05, 4.69) is 10.0 Å². The van der Waals surface area contributed by atoms with E-state index in [1.54, 1.807) is 0 Å². The van der Waals surface area contributed by atoms with E-state index in [1.807, 2.05) is 0 Å². The van der Waals surface area contributed by atoms with Crippen LogP contribution in [0.2, 0.25) is 0 Å². The molecule has 0 saturated heterocycles. The maximum absolute atomic E-state index is 11.9. The number of amides is 1. The van der Waals surface area contributed by atoms with Gasteiger partial charge in [-0.1, -0.05) is 0 Å². The number of hydrogen-bond donors (Lipinski definition) is 2. The van der Waals surface area contributed by atoms with Crippen molar-refractivity contribution in [1.29, 1.82) is 0 Å². The minimum Gasteiger partial charge on any atom is -0.355 e. The Kier molecular flexibility index (Phi) is 5.26. The molecular formula is C11H16N2O5S2. The smallest absolute Gasteiger partial charge is 0.240 e. The fraction of sp³-hybridized carbons (Fsp3) is 0.364. The highest BCUT2D eigenvalue weighted by Crippen LogP contribution is 2.13. The van der Waals surface area contributed by atoms with E-state index in [9.17, 15) is 21.6 Å². The highest BCUT2D eigenvalue weighted by molar-refractivity contribution is 7.90. The fourth-order valence-corrected chi connectivity index (χ4v) is 3.04. The van der Waals surface area contributed by atoms with Crippen molar-refractivity contribution in [3.63, 3.8) is 0 Å². The number of carbonyl (C=O) groups excluding carboxylic acids is 1. The lowest BCUT2D eigenvalue weighted by Gasteiger charge is -2.07. The molecule has 0 unspecified atom stereocenters. The van der Waals surface area contributed by atoms with E-state index in [1.165, 1.54) is 31.2 Å². The maximum Gasteiger partial charge on any atom is 0.240 e. The van der Waals surface area contributed by atoms with Crippen molar-refractivity contribution in [2.75, 3.05) is 19.3 Å². The molecule has 1 aromatic rings. The van der Waals surface area contributed by atoms with E-state index >= 15 is 0 Å². The van der Waals surface area contributed by atoms with Gasteiger partial charge >= 0.3 is 0 Å². The van der Waals surface area contributed by atoms with Crippen LogP contribution in [-0.4, -0.2) is 42.1 Å².